The van der Waals surface area contributed by atoms with Crippen molar-refractivity contribution in [3.05, 3.63) is 0 Å². The molecule has 1 N–H and O–H groups in total. The molecule has 3 nitrogen and oxygen atoms in total. The minimum Gasteiger partial charge on any atom is -0.477 e. The van der Waals surface area contributed by atoms with E-state index < -0.39 is 42.6 Å². The third kappa shape index (κ3) is 3.47. The molecular weight excluding hydrogens is 341 g/mol. The molecule has 14 heteroatoms. The van der Waals surface area contributed by atoms with E-state index in [9.17, 15) is 53.1 Å². The van der Waals surface area contributed by atoms with E-state index in [4.69, 9.17) is 5.11 Å². The summed E-state index contributed by atoms with van der Waals surface area (Å²) in [4.78, 5) is 9.96. The van der Waals surface area contributed by atoms with Gasteiger partial charge in [-0.15, -0.1) is 0 Å². The van der Waals surface area contributed by atoms with Gasteiger partial charge in [-0.2, -0.15) is 48.3 Å². The summed E-state index contributed by atoms with van der Waals surface area (Å²) in [7, 11) is 0. The number of alkyl halides is 11. The molecule has 0 aromatic carbocycles. The number of carboxylic acid groups (broad SMARTS) is 1. The zero-order valence-corrected chi connectivity index (χ0v) is 9.13. The van der Waals surface area contributed by atoms with Crippen LogP contribution >= 0.6 is 0 Å². The van der Waals surface area contributed by atoms with Gasteiger partial charge in [0.05, 0.1) is 0 Å². The van der Waals surface area contributed by atoms with Gasteiger partial charge in [0.15, 0.2) is 0 Å². The number of aliphatic carboxylic acids is 1. The molecule has 0 rings (SSSR count). The Morgan fingerprint density at radius 1 is 0.810 bits per heavy atom. The molecule has 0 spiro atoms. The number of carboxylic acids is 1. The van der Waals surface area contributed by atoms with E-state index in [-0.39, 0.29) is 0 Å². The molecule has 0 aliphatic carbocycles. The lowest BCUT2D eigenvalue weighted by Crippen LogP contribution is -2.58. The van der Waals surface area contributed by atoms with E-state index in [0.29, 0.717) is 0 Å². The largest absolute Gasteiger partial charge is 0.477 e. The van der Waals surface area contributed by atoms with Crippen molar-refractivity contribution >= 4 is 5.97 Å². The summed E-state index contributed by atoms with van der Waals surface area (Å²) >= 11 is 0. The maximum Gasteiger partial charge on any atom is 0.460 e. The standard InChI is InChI=1S/C7H3F11O3/c8-3(9,5(11,12)7(16,17)18)1-21-4(10,2(19)20)6(13,14)15/h1H2,(H,19,20). The van der Waals surface area contributed by atoms with E-state index in [0.717, 1.165) is 0 Å². The van der Waals surface area contributed by atoms with E-state index in [1.54, 1.807) is 0 Å². The van der Waals surface area contributed by atoms with Gasteiger partial charge in [-0.1, -0.05) is 0 Å². The second-order valence-corrected chi connectivity index (χ2v) is 3.46. The summed E-state index contributed by atoms with van der Waals surface area (Å²) in [5.41, 5.74) is 0. The third-order valence-electron chi connectivity index (χ3n) is 1.91. The van der Waals surface area contributed by atoms with E-state index in [2.05, 4.69) is 4.74 Å². The zero-order chi connectivity index (χ0) is 17.5. The normalized spacial score (nSPS) is 17.5. The highest BCUT2D eigenvalue weighted by Crippen LogP contribution is 2.47. The molecular formula is C7H3F11O3. The van der Waals surface area contributed by atoms with Crippen molar-refractivity contribution in [2.24, 2.45) is 0 Å². The summed E-state index contributed by atoms with van der Waals surface area (Å²) in [5, 5.41) is 7.85. The number of halogens is 11. The molecule has 21 heavy (non-hydrogen) atoms. The Kier molecular flexibility index (Phi) is 4.81. The van der Waals surface area contributed by atoms with Gasteiger partial charge in [0.1, 0.15) is 6.61 Å². The molecule has 0 saturated carbocycles. The van der Waals surface area contributed by atoms with Crippen LogP contribution in [-0.4, -0.2) is 47.7 Å². The van der Waals surface area contributed by atoms with Crippen LogP contribution in [0.5, 0.6) is 0 Å². The molecule has 0 bridgehead atoms. The predicted molar refractivity (Wildman–Crippen MR) is 39.4 cm³/mol. The number of carbonyl (C=O) groups is 1. The summed E-state index contributed by atoms with van der Waals surface area (Å²) in [5.74, 6) is -22.6. The average Bonchev–Trinajstić information content (AvgIpc) is 2.22. The average molecular weight is 344 g/mol. The second-order valence-electron chi connectivity index (χ2n) is 3.46. The van der Waals surface area contributed by atoms with Crippen molar-refractivity contribution in [1.82, 2.24) is 0 Å². The Hall–Kier alpha value is -1.34. The first-order valence-corrected chi connectivity index (χ1v) is 4.35. The fourth-order valence-corrected chi connectivity index (χ4v) is 0.753. The Morgan fingerprint density at radius 3 is 1.43 bits per heavy atom. The topological polar surface area (TPSA) is 46.5 Å². The molecule has 0 amide bonds. The Labute approximate surface area is 107 Å². The third-order valence-corrected chi connectivity index (χ3v) is 1.91. The second kappa shape index (κ2) is 5.14. The minimum absolute atomic E-state index is 2.48. The molecule has 0 fully saturated rings. The quantitative estimate of drug-likeness (QED) is 0.780. The lowest BCUT2D eigenvalue weighted by atomic mass is 10.1. The van der Waals surface area contributed by atoms with Crippen LogP contribution in [0.2, 0.25) is 0 Å². The van der Waals surface area contributed by atoms with Crippen molar-refractivity contribution in [3.8, 4) is 0 Å². The van der Waals surface area contributed by atoms with Gasteiger partial charge >= 0.3 is 36.0 Å². The van der Waals surface area contributed by atoms with Crippen LogP contribution in [0.4, 0.5) is 48.3 Å². The number of hydrogen-bond donors (Lipinski definition) is 1. The lowest BCUT2D eigenvalue weighted by molar-refractivity contribution is -0.382. The molecule has 1 unspecified atom stereocenters. The van der Waals surface area contributed by atoms with Gasteiger partial charge in [0.25, 0.3) is 0 Å². The van der Waals surface area contributed by atoms with Gasteiger partial charge in [0.2, 0.25) is 0 Å². The molecule has 0 aromatic heterocycles. The smallest absolute Gasteiger partial charge is 0.460 e. The van der Waals surface area contributed by atoms with Crippen LogP contribution < -0.4 is 0 Å². The van der Waals surface area contributed by atoms with Crippen LogP contribution in [0.25, 0.3) is 0 Å². The SMILES string of the molecule is O=C(O)C(F)(OCC(F)(F)C(F)(F)C(F)(F)F)C(F)(F)F. The van der Waals surface area contributed by atoms with Gasteiger partial charge in [-0.25, -0.2) is 4.79 Å². The fraction of sp³-hybridized carbons (Fsp3) is 0.857. The molecule has 0 saturated heterocycles. The Balaban J connectivity index is 5.36. The van der Waals surface area contributed by atoms with Crippen molar-refractivity contribution in [2.45, 2.75) is 30.1 Å². The first-order chi connectivity index (χ1) is 8.90. The highest BCUT2D eigenvalue weighted by atomic mass is 19.4. The zero-order valence-electron chi connectivity index (χ0n) is 9.13. The van der Waals surface area contributed by atoms with Crippen LogP contribution in [0, 0.1) is 0 Å². The Morgan fingerprint density at radius 2 is 1.19 bits per heavy atom. The van der Waals surface area contributed by atoms with Crippen LogP contribution in [0.1, 0.15) is 0 Å². The monoisotopic (exact) mass is 344 g/mol. The summed E-state index contributed by atoms with van der Waals surface area (Å²) in [6.07, 6.45) is -13.4. The lowest BCUT2D eigenvalue weighted by Gasteiger charge is -2.30. The molecule has 0 aliphatic rings. The molecule has 0 aromatic rings. The maximum absolute atomic E-state index is 12.8. The molecule has 126 valence electrons. The molecule has 0 aliphatic heterocycles. The van der Waals surface area contributed by atoms with Gasteiger partial charge in [-0.05, 0) is 0 Å². The summed E-state index contributed by atoms with van der Waals surface area (Å²) < 4.78 is 136. The van der Waals surface area contributed by atoms with Crippen molar-refractivity contribution in [3.63, 3.8) is 0 Å². The minimum atomic E-state index is -6.89. The highest BCUT2D eigenvalue weighted by molar-refractivity contribution is 5.76. The maximum atomic E-state index is 12.8. The van der Waals surface area contributed by atoms with Crippen molar-refractivity contribution in [1.29, 1.82) is 0 Å². The number of hydrogen-bond acceptors (Lipinski definition) is 2. The van der Waals surface area contributed by atoms with Crippen molar-refractivity contribution < 1.29 is 62.9 Å². The fourth-order valence-electron chi connectivity index (χ4n) is 0.753. The summed E-state index contributed by atoms with van der Waals surface area (Å²) in [6.45, 7) is -3.48. The van der Waals surface area contributed by atoms with Gasteiger partial charge < -0.3 is 9.84 Å². The molecule has 0 radical (unpaired) electrons. The van der Waals surface area contributed by atoms with Crippen LogP contribution in [0.3, 0.4) is 0 Å². The first-order valence-electron chi connectivity index (χ1n) is 4.35. The van der Waals surface area contributed by atoms with Gasteiger partial charge in [-0.3, -0.25) is 0 Å². The van der Waals surface area contributed by atoms with Crippen LogP contribution in [0.15, 0.2) is 0 Å². The summed E-state index contributed by atoms with van der Waals surface area (Å²) in [6, 6.07) is 0. The molecule has 0 heterocycles. The number of rotatable bonds is 5. The van der Waals surface area contributed by atoms with E-state index >= 15 is 0 Å². The predicted octanol–water partition coefficient (Wildman–Crippen LogP) is 3.15. The van der Waals surface area contributed by atoms with Crippen molar-refractivity contribution in [2.75, 3.05) is 6.61 Å². The highest BCUT2D eigenvalue weighted by Gasteiger charge is 2.74. The Bertz CT molecular complexity index is 398. The van der Waals surface area contributed by atoms with Crippen LogP contribution in [-0.2, 0) is 9.53 Å². The van der Waals surface area contributed by atoms with E-state index in [1.807, 2.05) is 0 Å². The van der Waals surface area contributed by atoms with E-state index in [1.165, 1.54) is 0 Å². The molecule has 1 atom stereocenters. The first kappa shape index (κ1) is 19.7. The van der Waals surface area contributed by atoms with Gasteiger partial charge in [0, 0.05) is 0 Å². The number of ether oxygens (including phenoxy) is 1.